The number of ether oxygens (including phenoxy) is 1. The third-order valence-corrected chi connectivity index (χ3v) is 5.62. The molecule has 9 nitrogen and oxygen atoms in total. The van der Waals surface area contributed by atoms with Crippen molar-refractivity contribution in [2.45, 2.75) is 30.8 Å². The average Bonchev–Trinajstić information content (AvgIpc) is 2.98. The van der Waals surface area contributed by atoms with E-state index in [1.165, 1.54) is 24.4 Å². The van der Waals surface area contributed by atoms with Crippen LogP contribution in [0.2, 0.25) is 0 Å². The van der Waals surface area contributed by atoms with Crippen LogP contribution in [-0.4, -0.2) is 63.0 Å². The van der Waals surface area contributed by atoms with E-state index < -0.39 is 35.9 Å². The molecule has 4 rings (SSSR count). The molecular weight excluding hydrogens is 441 g/mol. The number of benzene rings is 1. The fraction of sp³-hybridized carbons (Fsp3) is 0.381. The van der Waals surface area contributed by atoms with Crippen LogP contribution in [0.15, 0.2) is 58.1 Å². The number of nitrogens with two attached hydrogens (primary N) is 2. The predicted octanol–water partition coefficient (Wildman–Crippen LogP) is 1.18. The van der Waals surface area contributed by atoms with E-state index >= 15 is 0 Å². The van der Waals surface area contributed by atoms with Crippen LogP contribution in [0, 0.1) is 5.82 Å². The second-order valence-corrected chi connectivity index (χ2v) is 7.90. The number of aliphatic hydroxyl groups is 1. The van der Waals surface area contributed by atoms with Gasteiger partial charge in [0.25, 0.3) is 0 Å². The highest BCUT2D eigenvalue weighted by Gasteiger charge is 2.59. The minimum absolute atomic E-state index is 0.0327. The van der Waals surface area contributed by atoms with Crippen molar-refractivity contribution < 1.29 is 23.0 Å². The molecule has 3 atom stereocenters. The first kappa shape index (κ1) is 23.0. The van der Waals surface area contributed by atoms with Crippen molar-refractivity contribution in [2.75, 3.05) is 25.4 Å². The zero-order valence-electron chi connectivity index (χ0n) is 17.4. The molecule has 12 heteroatoms. The van der Waals surface area contributed by atoms with Crippen LogP contribution in [-0.2, 0) is 4.74 Å². The van der Waals surface area contributed by atoms with Gasteiger partial charge < -0.3 is 21.3 Å². The van der Waals surface area contributed by atoms with Crippen molar-refractivity contribution in [1.82, 2.24) is 14.5 Å². The second-order valence-electron chi connectivity index (χ2n) is 7.90. The Morgan fingerprint density at radius 1 is 1.36 bits per heavy atom. The summed E-state index contributed by atoms with van der Waals surface area (Å²) in [5.74, 6) is -4.25. The molecule has 0 spiro atoms. The molecule has 33 heavy (non-hydrogen) atoms. The monoisotopic (exact) mass is 464 g/mol. The molecule has 176 valence electrons. The summed E-state index contributed by atoms with van der Waals surface area (Å²) in [6, 6.07) is 7.02. The van der Waals surface area contributed by atoms with Crippen molar-refractivity contribution in [2.24, 2.45) is 10.7 Å². The number of halogens is 3. The van der Waals surface area contributed by atoms with Crippen LogP contribution in [0.3, 0.4) is 0 Å². The number of likely N-dealkylation sites (tertiary alicyclic amines) is 1. The van der Waals surface area contributed by atoms with Crippen molar-refractivity contribution in [3.05, 3.63) is 64.6 Å². The maximum atomic E-state index is 14.8. The lowest BCUT2D eigenvalue weighted by atomic mass is 10.0. The van der Waals surface area contributed by atoms with Crippen LogP contribution in [0.5, 0.6) is 0 Å². The predicted molar refractivity (Wildman–Crippen MR) is 115 cm³/mol. The molecule has 2 fully saturated rings. The smallest absolute Gasteiger partial charge is 0.351 e. The fourth-order valence-corrected chi connectivity index (χ4v) is 3.95. The first-order chi connectivity index (χ1) is 15.7. The number of piperidine rings is 1. The van der Waals surface area contributed by atoms with Crippen LogP contribution in [0.4, 0.5) is 24.7 Å². The van der Waals surface area contributed by atoms with Gasteiger partial charge in [-0.3, -0.25) is 14.5 Å². The number of aliphatic hydroxyl groups excluding tert-OH is 1. The summed E-state index contributed by atoms with van der Waals surface area (Å²) in [5, 5.41) is 10.3. The number of hydrogen-bond acceptors (Lipinski definition) is 8. The summed E-state index contributed by atoms with van der Waals surface area (Å²) in [4.78, 5) is 21.7. The molecule has 0 unspecified atom stereocenters. The number of rotatable bonds is 4. The maximum absolute atomic E-state index is 14.8. The lowest BCUT2D eigenvalue weighted by molar-refractivity contribution is -0.140. The minimum atomic E-state index is -3.72. The highest BCUT2D eigenvalue weighted by Crippen LogP contribution is 2.42. The zero-order valence-corrected chi connectivity index (χ0v) is 17.4. The van der Waals surface area contributed by atoms with E-state index in [0.717, 1.165) is 6.20 Å². The number of alkyl halides is 2. The van der Waals surface area contributed by atoms with E-state index in [1.807, 2.05) is 0 Å². The average molecular weight is 464 g/mol. The van der Waals surface area contributed by atoms with E-state index in [0.29, 0.717) is 34.5 Å². The number of nitrogens with zero attached hydrogens (tertiary/aromatic N) is 4. The van der Waals surface area contributed by atoms with Crippen molar-refractivity contribution in [3.8, 4) is 0 Å². The summed E-state index contributed by atoms with van der Waals surface area (Å²) in [7, 11) is 0. The van der Waals surface area contributed by atoms with Gasteiger partial charge in [0.1, 0.15) is 23.8 Å². The molecule has 0 aliphatic carbocycles. The van der Waals surface area contributed by atoms with Gasteiger partial charge in [-0.25, -0.2) is 9.18 Å². The third kappa shape index (κ3) is 4.63. The third-order valence-electron chi connectivity index (χ3n) is 5.62. The maximum Gasteiger partial charge on any atom is 0.351 e. The standard InChI is InChI=1S/C21H23F3N6O3/c22-13-2-1-3-14(8-13)27-15-4-6-29(10-12(15)9-25)11-16-18(31)21(23,24)19(33-16)30-7-5-17(26)28-20(30)32/h1-3,5,7-9,16,18-19,31H,4,6,10-11,25H2,(H2,26,28,32)/t16-,18-,19-/m1/s1. The molecule has 0 bridgehead atoms. The first-order valence-electron chi connectivity index (χ1n) is 10.2. The molecular formula is C21H23F3N6O3. The number of anilines is 1. The lowest BCUT2D eigenvalue weighted by Gasteiger charge is -2.31. The van der Waals surface area contributed by atoms with E-state index in [9.17, 15) is 23.1 Å². The van der Waals surface area contributed by atoms with Gasteiger partial charge in [-0.2, -0.15) is 13.8 Å². The Labute approximate surface area is 186 Å². The Morgan fingerprint density at radius 3 is 2.85 bits per heavy atom. The molecule has 3 heterocycles. The number of hydrogen-bond donors (Lipinski definition) is 3. The first-order valence-corrected chi connectivity index (χ1v) is 10.2. The van der Waals surface area contributed by atoms with Crippen LogP contribution in [0.25, 0.3) is 0 Å². The van der Waals surface area contributed by atoms with Gasteiger partial charge in [0, 0.05) is 49.7 Å². The Hall–Kier alpha value is -3.22. The molecule has 2 aliphatic heterocycles. The minimum Gasteiger partial charge on any atom is -0.404 e. The molecule has 0 radical (unpaired) electrons. The van der Waals surface area contributed by atoms with E-state index in [2.05, 4.69) is 9.98 Å². The fourth-order valence-electron chi connectivity index (χ4n) is 3.95. The van der Waals surface area contributed by atoms with E-state index in [4.69, 9.17) is 16.2 Å². The van der Waals surface area contributed by atoms with Gasteiger partial charge in [0.15, 0.2) is 0 Å². The summed E-state index contributed by atoms with van der Waals surface area (Å²) in [6.07, 6.45) is -2.56. The molecule has 2 aliphatic rings. The second kappa shape index (κ2) is 8.96. The van der Waals surface area contributed by atoms with Gasteiger partial charge in [-0.1, -0.05) is 6.07 Å². The van der Waals surface area contributed by atoms with Gasteiger partial charge in [0.05, 0.1) is 5.69 Å². The Morgan fingerprint density at radius 2 is 2.15 bits per heavy atom. The highest BCUT2D eigenvalue weighted by molar-refractivity contribution is 6.02. The zero-order chi connectivity index (χ0) is 23.8. The lowest BCUT2D eigenvalue weighted by Crippen LogP contribution is -2.46. The largest absolute Gasteiger partial charge is 0.404 e. The Bertz CT molecular complexity index is 1150. The molecule has 1 aromatic carbocycles. The van der Waals surface area contributed by atoms with E-state index in [-0.39, 0.29) is 18.9 Å². The van der Waals surface area contributed by atoms with Crippen LogP contribution in [0.1, 0.15) is 12.6 Å². The quantitative estimate of drug-likeness (QED) is 0.619. The van der Waals surface area contributed by atoms with Gasteiger partial charge in [-0.15, -0.1) is 0 Å². The van der Waals surface area contributed by atoms with Gasteiger partial charge in [0.2, 0.25) is 6.23 Å². The SMILES string of the molecule is NC=C1CN(C[C@H]2O[C@@H](n3ccc(N)nc3=O)C(F)(F)[C@@H]2O)CCC1=Nc1cccc(F)c1. The van der Waals surface area contributed by atoms with Gasteiger partial charge >= 0.3 is 11.6 Å². The van der Waals surface area contributed by atoms with Crippen molar-refractivity contribution >= 4 is 17.2 Å². The molecule has 0 amide bonds. The molecule has 2 saturated heterocycles. The molecule has 1 aromatic heterocycles. The van der Waals surface area contributed by atoms with Gasteiger partial charge in [-0.05, 0) is 24.3 Å². The highest BCUT2D eigenvalue weighted by atomic mass is 19.3. The van der Waals surface area contributed by atoms with E-state index in [1.54, 1.807) is 17.0 Å². The summed E-state index contributed by atoms with van der Waals surface area (Å²) >= 11 is 0. The van der Waals surface area contributed by atoms with Crippen molar-refractivity contribution in [1.29, 1.82) is 0 Å². The van der Waals surface area contributed by atoms with Crippen LogP contribution >= 0.6 is 0 Å². The number of nitrogen functional groups attached to an aromatic ring is 1. The summed E-state index contributed by atoms with van der Waals surface area (Å²) in [6.45, 7) is 0.670. The topological polar surface area (TPSA) is 132 Å². The summed E-state index contributed by atoms with van der Waals surface area (Å²) in [5.41, 5.74) is 11.9. The van der Waals surface area contributed by atoms with Crippen LogP contribution < -0.4 is 17.2 Å². The Balaban J connectivity index is 1.48. The molecule has 0 saturated carbocycles. The molecule has 2 aromatic rings. The Kier molecular flexibility index (Phi) is 6.23. The summed E-state index contributed by atoms with van der Waals surface area (Å²) < 4.78 is 49.0. The number of aliphatic imine (C=N–C) groups is 1. The number of aromatic nitrogens is 2. The normalized spacial score (nSPS) is 27.9. The van der Waals surface area contributed by atoms with Crippen molar-refractivity contribution in [3.63, 3.8) is 0 Å². The molecule has 5 N–H and O–H groups in total.